The second-order valence-electron chi connectivity index (χ2n) is 10.6. The molecule has 0 heterocycles. The fourth-order valence-electron chi connectivity index (χ4n) is 5.09. The molecular weight excluding hydrogens is 661 g/mol. The normalized spacial score (nSPS) is 11.4. The molecule has 0 unspecified atom stereocenters. The molecule has 4 aromatic carbocycles. The summed E-state index contributed by atoms with van der Waals surface area (Å²) in [5.74, 6) is 0. The first-order valence-corrected chi connectivity index (χ1v) is 16.7. The zero-order chi connectivity index (χ0) is 27.5. The van der Waals surface area contributed by atoms with Gasteiger partial charge in [-0.2, -0.15) is 12.1 Å². The van der Waals surface area contributed by atoms with Gasteiger partial charge in [-0.05, 0) is 29.6 Å². The first-order valence-electron chi connectivity index (χ1n) is 13.7. The summed E-state index contributed by atoms with van der Waals surface area (Å²) in [6.45, 7) is 24.2. The van der Waals surface area contributed by atoms with Crippen molar-refractivity contribution in [3.63, 3.8) is 0 Å². The first-order chi connectivity index (χ1) is 17.6. The standard InChI is InChI=1S/2C15H20P.C5H8.Hf/c2*1-11(2)16(12(3)4)15-9-13-7-5-6-8-14(13)10-15;1-3-5-4-2;/h2*5-12H,1-4H3;3-5H,1H2,2H3;/q2*-1;;. The summed E-state index contributed by atoms with van der Waals surface area (Å²) in [7, 11) is -0.0412. The summed E-state index contributed by atoms with van der Waals surface area (Å²) in [5.41, 5.74) is 3.08. The summed E-state index contributed by atoms with van der Waals surface area (Å²) in [6, 6.07) is 26.9. The van der Waals surface area contributed by atoms with Gasteiger partial charge >= 0.3 is 0 Å². The van der Waals surface area contributed by atoms with Crippen molar-refractivity contribution in [1.82, 2.24) is 0 Å². The monoisotopic (exact) mass is 710 g/mol. The Morgan fingerprint density at radius 2 is 0.974 bits per heavy atom. The fourth-order valence-corrected chi connectivity index (χ4v) is 11.0. The molecule has 0 atom stereocenters. The van der Waals surface area contributed by atoms with Gasteiger partial charge in [0.25, 0.3) is 0 Å². The van der Waals surface area contributed by atoms with Crippen LogP contribution < -0.4 is 10.6 Å². The van der Waals surface area contributed by atoms with Gasteiger partial charge in [0.2, 0.25) is 0 Å². The van der Waals surface area contributed by atoms with Crippen molar-refractivity contribution in [3.05, 3.63) is 97.6 Å². The predicted molar refractivity (Wildman–Crippen MR) is 178 cm³/mol. The van der Waals surface area contributed by atoms with Gasteiger partial charge in [0.05, 0.1) is 0 Å². The van der Waals surface area contributed by atoms with Crippen molar-refractivity contribution in [2.24, 2.45) is 0 Å². The Balaban J connectivity index is 0.000000317. The minimum atomic E-state index is -0.0206. The number of rotatable bonds is 7. The smallest absolute Gasteiger partial charge is 0 e. The summed E-state index contributed by atoms with van der Waals surface area (Å²) in [6.07, 6.45) is 5.58. The van der Waals surface area contributed by atoms with Gasteiger partial charge in [0, 0.05) is 25.8 Å². The van der Waals surface area contributed by atoms with E-state index in [2.05, 4.69) is 135 Å². The largest absolute Gasteiger partial charge is 0.161 e. The number of fused-ring (bicyclic) bond motifs is 2. The van der Waals surface area contributed by atoms with E-state index in [4.69, 9.17) is 0 Å². The fraction of sp³-hybridized carbons (Fsp3) is 0.371. The van der Waals surface area contributed by atoms with Gasteiger partial charge < -0.3 is 0 Å². The van der Waals surface area contributed by atoms with Crippen LogP contribution >= 0.6 is 15.8 Å². The average Bonchev–Trinajstić information content (AvgIpc) is 3.43. The Morgan fingerprint density at radius 1 is 0.632 bits per heavy atom. The third kappa shape index (κ3) is 10.1. The molecule has 0 aliphatic heterocycles. The summed E-state index contributed by atoms with van der Waals surface area (Å²) < 4.78 is 0. The van der Waals surface area contributed by atoms with Crippen molar-refractivity contribution < 1.29 is 25.8 Å². The first kappa shape index (κ1) is 34.9. The minimum absolute atomic E-state index is 0. The van der Waals surface area contributed by atoms with Crippen LogP contribution in [0, 0.1) is 0 Å². The van der Waals surface area contributed by atoms with Gasteiger partial charge in [0.15, 0.2) is 0 Å². The SMILES string of the molecule is C=CC=CC.CC(C)P(c1cc2ccccc2[cH-]1)C(C)C.CC(C)P(c1cc2ccccc2[cH-]1)C(C)C.[Hf]. The van der Waals surface area contributed by atoms with E-state index in [1.165, 1.54) is 21.5 Å². The van der Waals surface area contributed by atoms with E-state index < -0.39 is 0 Å². The predicted octanol–water partition coefficient (Wildman–Crippen LogP) is 10.7. The van der Waals surface area contributed by atoms with Crippen LogP contribution in [0.25, 0.3) is 21.5 Å². The molecule has 0 nitrogen and oxygen atoms in total. The van der Waals surface area contributed by atoms with Crippen molar-refractivity contribution in [1.29, 1.82) is 0 Å². The Morgan fingerprint density at radius 3 is 1.21 bits per heavy atom. The van der Waals surface area contributed by atoms with Gasteiger partial charge in [0.1, 0.15) is 0 Å². The molecule has 204 valence electrons. The number of hydrogen-bond donors (Lipinski definition) is 0. The molecule has 0 amide bonds. The molecule has 0 saturated carbocycles. The number of benzene rings is 2. The van der Waals surface area contributed by atoms with Crippen LogP contribution in [0.3, 0.4) is 0 Å². The van der Waals surface area contributed by atoms with Gasteiger partial charge in [-0.3, -0.25) is 0 Å². The number of allylic oxidation sites excluding steroid dienone is 3. The van der Waals surface area contributed by atoms with E-state index in [1.807, 2.05) is 19.1 Å². The van der Waals surface area contributed by atoms with E-state index >= 15 is 0 Å². The van der Waals surface area contributed by atoms with Crippen LogP contribution in [0.15, 0.2) is 97.6 Å². The molecule has 0 aromatic heterocycles. The van der Waals surface area contributed by atoms with E-state index in [-0.39, 0.29) is 41.7 Å². The van der Waals surface area contributed by atoms with Crippen LogP contribution in [-0.4, -0.2) is 22.6 Å². The average molecular weight is 709 g/mol. The molecule has 0 aliphatic carbocycles. The maximum absolute atomic E-state index is 3.46. The molecule has 0 fully saturated rings. The Kier molecular flexibility index (Phi) is 16.1. The molecule has 0 N–H and O–H groups in total. The molecule has 38 heavy (non-hydrogen) atoms. The zero-order valence-electron chi connectivity index (χ0n) is 25.1. The van der Waals surface area contributed by atoms with Gasteiger partial charge in [-0.15, -0.1) is 80.7 Å². The molecule has 4 rings (SSSR count). The number of hydrogen-bond acceptors (Lipinski definition) is 0. The maximum atomic E-state index is 3.46. The van der Waals surface area contributed by atoms with Gasteiger partial charge in [-0.1, -0.05) is 108 Å². The van der Waals surface area contributed by atoms with E-state index in [0.717, 1.165) is 22.6 Å². The van der Waals surface area contributed by atoms with E-state index in [1.54, 1.807) is 16.7 Å². The third-order valence-corrected chi connectivity index (χ3v) is 12.5. The summed E-state index contributed by atoms with van der Waals surface area (Å²) >= 11 is 0. The van der Waals surface area contributed by atoms with Crippen LogP contribution in [0.2, 0.25) is 0 Å². The molecule has 0 aliphatic rings. The zero-order valence-corrected chi connectivity index (χ0v) is 30.5. The second-order valence-corrected chi connectivity index (χ2v) is 17.4. The summed E-state index contributed by atoms with van der Waals surface area (Å²) in [4.78, 5) is 0. The molecule has 0 radical (unpaired) electrons. The van der Waals surface area contributed by atoms with Crippen molar-refractivity contribution in [3.8, 4) is 0 Å². The van der Waals surface area contributed by atoms with Crippen LogP contribution in [0.1, 0.15) is 62.3 Å². The molecule has 0 bridgehead atoms. The van der Waals surface area contributed by atoms with Crippen molar-refractivity contribution in [2.45, 2.75) is 84.9 Å². The minimum Gasteiger partial charge on any atom is -0.161 e. The second kappa shape index (κ2) is 17.5. The quantitative estimate of drug-likeness (QED) is 0.0776. The Hall–Kier alpha value is -1.13. The van der Waals surface area contributed by atoms with Crippen molar-refractivity contribution >= 4 is 48.0 Å². The van der Waals surface area contributed by atoms with Crippen LogP contribution in [0.5, 0.6) is 0 Å². The maximum Gasteiger partial charge on any atom is 0 e. The Bertz CT molecular complexity index is 1070. The molecule has 3 heteroatoms. The van der Waals surface area contributed by atoms with Crippen LogP contribution in [-0.2, 0) is 25.8 Å². The molecule has 0 spiro atoms. The topological polar surface area (TPSA) is 0 Å². The Labute approximate surface area is 255 Å². The molecule has 4 aromatic rings. The van der Waals surface area contributed by atoms with E-state index in [9.17, 15) is 0 Å². The van der Waals surface area contributed by atoms with Crippen LogP contribution in [0.4, 0.5) is 0 Å². The van der Waals surface area contributed by atoms with Gasteiger partial charge in [-0.25, -0.2) is 0 Å². The van der Waals surface area contributed by atoms with Crippen molar-refractivity contribution in [2.75, 3.05) is 0 Å². The summed E-state index contributed by atoms with van der Waals surface area (Å²) in [5, 5.41) is 8.72. The molecular formula is C35H48HfP2-2. The van der Waals surface area contributed by atoms with E-state index in [0.29, 0.717) is 0 Å². The molecule has 0 saturated heterocycles. The third-order valence-electron chi connectivity index (χ3n) is 6.36.